The fraction of sp³-hybridized carbons (Fsp3) is 0.500. The van der Waals surface area contributed by atoms with E-state index in [1.165, 1.54) is 0 Å². The lowest BCUT2D eigenvalue weighted by Crippen LogP contribution is -2.08. The molecule has 0 aliphatic rings. The number of nitrogens with zero attached hydrogens (tertiary/aromatic N) is 2. The van der Waals surface area contributed by atoms with Crippen LogP contribution in [0.3, 0.4) is 0 Å². The van der Waals surface area contributed by atoms with Crippen LogP contribution >= 0.6 is 0 Å². The highest BCUT2D eigenvalue weighted by atomic mass is 16.5. The van der Waals surface area contributed by atoms with Gasteiger partial charge in [-0.1, -0.05) is 0 Å². The molecule has 0 amide bonds. The smallest absolute Gasteiger partial charge is 0.318 e. The van der Waals surface area contributed by atoms with E-state index in [9.17, 15) is 0 Å². The number of nitrogen functional groups attached to an aromatic ring is 1. The van der Waals surface area contributed by atoms with Crippen molar-refractivity contribution < 1.29 is 9.47 Å². The quantitative estimate of drug-likeness (QED) is 0.672. The molecule has 5 heteroatoms. The van der Waals surface area contributed by atoms with Crippen LogP contribution in [0.2, 0.25) is 0 Å². The maximum Gasteiger partial charge on any atom is 0.318 e. The normalized spacial score (nSPS) is 9.92. The molecule has 0 fully saturated rings. The van der Waals surface area contributed by atoms with E-state index in [1.807, 2.05) is 6.92 Å². The second-order valence-corrected chi connectivity index (χ2v) is 2.31. The average Bonchev–Trinajstić information content (AvgIpc) is 2.13. The molecule has 0 aromatic carbocycles. The first-order valence-electron chi connectivity index (χ1n) is 4.12. The molecule has 0 unspecified atom stereocenters. The zero-order valence-electron chi connectivity index (χ0n) is 7.56. The third kappa shape index (κ3) is 3.71. The van der Waals surface area contributed by atoms with Crippen molar-refractivity contribution in [3.05, 3.63) is 12.3 Å². The van der Waals surface area contributed by atoms with Gasteiger partial charge >= 0.3 is 6.01 Å². The van der Waals surface area contributed by atoms with Gasteiger partial charge in [0.1, 0.15) is 12.4 Å². The molecule has 0 bridgehead atoms. The molecule has 0 aliphatic carbocycles. The Morgan fingerprint density at radius 3 is 3.00 bits per heavy atom. The van der Waals surface area contributed by atoms with Gasteiger partial charge in [-0.2, -0.15) is 4.98 Å². The third-order valence-corrected chi connectivity index (χ3v) is 1.32. The molecule has 1 rings (SSSR count). The zero-order valence-corrected chi connectivity index (χ0v) is 7.56. The summed E-state index contributed by atoms with van der Waals surface area (Å²) in [5, 5.41) is 0. The average molecular weight is 183 g/mol. The van der Waals surface area contributed by atoms with Gasteiger partial charge in [0.25, 0.3) is 0 Å². The molecule has 0 aliphatic heterocycles. The van der Waals surface area contributed by atoms with Crippen LogP contribution in [0.4, 0.5) is 5.82 Å². The van der Waals surface area contributed by atoms with E-state index in [4.69, 9.17) is 15.2 Å². The van der Waals surface area contributed by atoms with Crippen LogP contribution in [0, 0.1) is 0 Å². The summed E-state index contributed by atoms with van der Waals surface area (Å²) in [6, 6.07) is 1.90. The van der Waals surface area contributed by atoms with Crippen LogP contribution in [-0.4, -0.2) is 29.8 Å². The molecule has 1 aromatic heterocycles. The van der Waals surface area contributed by atoms with E-state index < -0.39 is 0 Å². The zero-order chi connectivity index (χ0) is 9.52. The Bertz CT molecular complexity index is 255. The van der Waals surface area contributed by atoms with Crippen molar-refractivity contribution in [2.45, 2.75) is 6.92 Å². The van der Waals surface area contributed by atoms with E-state index in [0.717, 1.165) is 0 Å². The minimum atomic E-state index is 0.291. The number of nitrogens with two attached hydrogens (primary N) is 1. The van der Waals surface area contributed by atoms with Crippen molar-refractivity contribution in [3.8, 4) is 6.01 Å². The maximum absolute atomic E-state index is 5.43. The van der Waals surface area contributed by atoms with Gasteiger partial charge in [0.15, 0.2) is 0 Å². The fourth-order valence-electron chi connectivity index (χ4n) is 0.760. The van der Waals surface area contributed by atoms with Gasteiger partial charge in [-0.3, -0.25) is 0 Å². The Morgan fingerprint density at radius 1 is 1.46 bits per heavy atom. The molecule has 13 heavy (non-hydrogen) atoms. The largest absolute Gasteiger partial charge is 0.461 e. The fourth-order valence-corrected chi connectivity index (χ4v) is 0.760. The van der Waals surface area contributed by atoms with Crippen LogP contribution in [0.15, 0.2) is 12.3 Å². The molecule has 0 saturated heterocycles. The first kappa shape index (κ1) is 9.73. The number of anilines is 1. The van der Waals surface area contributed by atoms with Gasteiger partial charge in [-0.25, -0.2) is 4.98 Å². The number of hydrogen-bond donors (Lipinski definition) is 1. The van der Waals surface area contributed by atoms with Crippen LogP contribution < -0.4 is 10.5 Å². The van der Waals surface area contributed by atoms with E-state index >= 15 is 0 Å². The van der Waals surface area contributed by atoms with E-state index in [0.29, 0.717) is 31.6 Å². The molecule has 1 heterocycles. The number of aromatic nitrogens is 2. The van der Waals surface area contributed by atoms with Crippen LogP contribution in [0.25, 0.3) is 0 Å². The van der Waals surface area contributed by atoms with Gasteiger partial charge < -0.3 is 15.2 Å². The van der Waals surface area contributed by atoms with Crippen molar-refractivity contribution in [2.24, 2.45) is 0 Å². The van der Waals surface area contributed by atoms with Crippen molar-refractivity contribution in [2.75, 3.05) is 25.6 Å². The monoisotopic (exact) mass is 183 g/mol. The molecule has 5 nitrogen and oxygen atoms in total. The highest BCUT2D eigenvalue weighted by Crippen LogP contribution is 2.02. The summed E-state index contributed by atoms with van der Waals surface area (Å²) in [4.78, 5) is 7.73. The molecule has 72 valence electrons. The molecule has 0 atom stereocenters. The lowest BCUT2D eigenvalue weighted by molar-refractivity contribution is 0.106. The first-order chi connectivity index (χ1) is 6.33. The Hall–Kier alpha value is -1.36. The van der Waals surface area contributed by atoms with Crippen molar-refractivity contribution in [3.63, 3.8) is 0 Å². The number of hydrogen-bond acceptors (Lipinski definition) is 5. The Labute approximate surface area is 76.9 Å². The molecule has 0 radical (unpaired) electrons. The number of ether oxygens (including phenoxy) is 2. The van der Waals surface area contributed by atoms with E-state index in [1.54, 1.807) is 12.3 Å². The van der Waals surface area contributed by atoms with Crippen molar-refractivity contribution in [1.29, 1.82) is 0 Å². The summed E-state index contributed by atoms with van der Waals surface area (Å²) in [6.07, 6.45) is 1.55. The van der Waals surface area contributed by atoms with Gasteiger partial charge in [0, 0.05) is 12.8 Å². The summed E-state index contributed by atoms with van der Waals surface area (Å²) in [5.74, 6) is 0.404. The SMILES string of the molecule is CCOCCOc1nccc(N)n1. The molecular formula is C8H13N3O2. The molecular weight excluding hydrogens is 170 g/mol. The summed E-state index contributed by atoms with van der Waals surface area (Å²) in [6.45, 7) is 3.59. The molecule has 0 spiro atoms. The minimum Gasteiger partial charge on any atom is -0.461 e. The lowest BCUT2D eigenvalue weighted by atomic mass is 10.6. The second-order valence-electron chi connectivity index (χ2n) is 2.31. The highest BCUT2D eigenvalue weighted by molar-refractivity contribution is 5.26. The van der Waals surface area contributed by atoms with Crippen LogP contribution in [0.1, 0.15) is 6.92 Å². The van der Waals surface area contributed by atoms with Crippen molar-refractivity contribution >= 4 is 5.82 Å². The second kappa shape index (κ2) is 5.31. The Balaban J connectivity index is 2.28. The molecule has 0 saturated carbocycles. The minimum absolute atomic E-state index is 0.291. The topological polar surface area (TPSA) is 70.3 Å². The Kier molecular flexibility index (Phi) is 3.98. The number of rotatable bonds is 5. The predicted octanol–water partition coefficient (Wildman–Crippen LogP) is 0.474. The summed E-state index contributed by atoms with van der Waals surface area (Å²) >= 11 is 0. The summed E-state index contributed by atoms with van der Waals surface area (Å²) < 4.78 is 10.2. The third-order valence-electron chi connectivity index (χ3n) is 1.32. The lowest BCUT2D eigenvalue weighted by Gasteiger charge is -2.03. The van der Waals surface area contributed by atoms with Gasteiger partial charge in [-0.05, 0) is 13.0 Å². The van der Waals surface area contributed by atoms with E-state index in [2.05, 4.69) is 9.97 Å². The van der Waals surface area contributed by atoms with Crippen LogP contribution in [-0.2, 0) is 4.74 Å². The highest BCUT2D eigenvalue weighted by Gasteiger charge is 1.96. The maximum atomic E-state index is 5.43. The summed E-state index contributed by atoms with van der Waals surface area (Å²) in [7, 11) is 0. The first-order valence-corrected chi connectivity index (χ1v) is 4.12. The van der Waals surface area contributed by atoms with Crippen molar-refractivity contribution in [1.82, 2.24) is 9.97 Å². The standard InChI is InChI=1S/C8H13N3O2/c1-2-12-5-6-13-8-10-4-3-7(9)11-8/h3-4H,2,5-6H2,1H3,(H2,9,10,11). The summed E-state index contributed by atoms with van der Waals surface area (Å²) in [5.41, 5.74) is 5.43. The Morgan fingerprint density at radius 2 is 2.31 bits per heavy atom. The molecule has 1 aromatic rings. The van der Waals surface area contributed by atoms with Crippen LogP contribution in [0.5, 0.6) is 6.01 Å². The van der Waals surface area contributed by atoms with Gasteiger partial charge in [0.05, 0.1) is 6.61 Å². The van der Waals surface area contributed by atoms with E-state index in [-0.39, 0.29) is 0 Å². The molecule has 2 N–H and O–H groups in total. The van der Waals surface area contributed by atoms with Gasteiger partial charge in [0.2, 0.25) is 0 Å². The van der Waals surface area contributed by atoms with Gasteiger partial charge in [-0.15, -0.1) is 0 Å². The predicted molar refractivity (Wildman–Crippen MR) is 48.4 cm³/mol.